The second-order valence-corrected chi connectivity index (χ2v) is 8.45. The number of benzene rings is 1. The van der Waals surface area contributed by atoms with Crippen LogP contribution in [0.2, 0.25) is 0 Å². The van der Waals surface area contributed by atoms with Crippen molar-refractivity contribution in [2.75, 3.05) is 6.61 Å². The lowest BCUT2D eigenvalue weighted by Gasteiger charge is -2.25. The lowest BCUT2D eigenvalue weighted by atomic mass is 9.93. The zero-order valence-corrected chi connectivity index (χ0v) is 18.1. The fraction of sp³-hybridized carbons (Fsp3) is 0.591. The molecule has 2 N–H and O–H groups in total. The smallest absolute Gasteiger partial charge is 0.361 e. The summed E-state index contributed by atoms with van der Waals surface area (Å²) >= 11 is 0. The quantitative estimate of drug-likeness (QED) is 0.546. The third-order valence-electron chi connectivity index (χ3n) is 5.13. The van der Waals surface area contributed by atoms with Crippen LogP contribution in [0.15, 0.2) is 24.3 Å². The lowest BCUT2D eigenvalue weighted by molar-refractivity contribution is -0.137. The summed E-state index contributed by atoms with van der Waals surface area (Å²) < 4.78 is 43.6. The summed E-state index contributed by atoms with van der Waals surface area (Å²) in [5, 5.41) is 5.31. The Labute approximate surface area is 179 Å². The van der Waals surface area contributed by atoms with Crippen LogP contribution >= 0.6 is 0 Å². The number of Topliss-reactive ketones (excluding diaryl/α,β-unsaturated/α-hetero) is 1. The molecule has 1 saturated heterocycles. The summed E-state index contributed by atoms with van der Waals surface area (Å²) in [6.07, 6.45) is -3.93. The van der Waals surface area contributed by atoms with Crippen molar-refractivity contribution in [3.8, 4) is 0 Å². The van der Waals surface area contributed by atoms with E-state index in [-0.39, 0.29) is 37.1 Å². The van der Waals surface area contributed by atoms with E-state index in [4.69, 9.17) is 4.74 Å². The van der Waals surface area contributed by atoms with Crippen LogP contribution in [-0.2, 0) is 31.7 Å². The summed E-state index contributed by atoms with van der Waals surface area (Å²) in [6, 6.07) is 2.60. The van der Waals surface area contributed by atoms with Gasteiger partial charge in [-0.15, -0.1) is 0 Å². The van der Waals surface area contributed by atoms with Gasteiger partial charge in [-0.2, -0.15) is 13.2 Å². The summed E-state index contributed by atoms with van der Waals surface area (Å²) in [4.78, 5) is 37.7. The third kappa shape index (κ3) is 7.05. The maximum absolute atomic E-state index is 13.0. The van der Waals surface area contributed by atoms with Gasteiger partial charge in [-0.3, -0.25) is 14.4 Å². The second-order valence-electron chi connectivity index (χ2n) is 8.45. The highest BCUT2D eigenvalue weighted by molar-refractivity contribution is 5.97. The van der Waals surface area contributed by atoms with Crippen molar-refractivity contribution in [3.63, 3.8) is 0 Å². The molecule has 31 heavy (non-hydrogen) atoms. The van der Waals surface area contributed by atoms with Crippen LogP contribution in [0.5, 0.6) is 0 Å². The number of hydrogen-bond acceptors (Lipinski definition) is 4. The molecule has 1 aliphatic rings. The first kappa shape index (κ1) is 24.8. The molecule has 2 rings (SSSR count). The zero-order chi connectivity index (χ0) is 23.4. The first-order chi connectivity index (χ1) is 14.4. The van der Waals surface area contributed by atoms with Gasteiger partial charge in [0.05, 0.1) is 18.2 Å². The van der Waals surface area contributed by atoms with Crippen molar-refractivity contribution in [2.45, 2.75) is 70.8 Å². The number of ketones is 1. The SMILES string of the molecule is CCC(=O)N[C@@H](Cc1ccc(C(F)(F)F)cc1)C(=O)N[C@@H](CC(C)C)C(=O)[C@@]1(C)CO1. The van der Waals surface area contributed by atoms with Crippen molar-refractivity contribution < 1.29 is 32.3 Å². The maximum Gasteiger partial charge on any atom is 0.416 e. The topological polar surface area (TPSA) is 87.8 Å². The fourth-order valence-electron chi connectivity index (χ4n) is 3.17. The summed E-state index contributed by atoms with van der Waals surface area (Å²) in [5.74, 6) is -1.05. The number of carbonyl (C=O) groups is 3. The monoisotopic (exact) mass is 442 g/mol. The average Bonchev–Trinajstić information content (AvgIpc) is 3.44. The minimum Gasteiger partial charge on any atom is -0.361 e. The first-order valence-electron chi connectivity index (χ1n) is 10.3. The molecule has 1 aromatic rings. The molecule has 2 amide bonds. The standard InChI is InChI=1S/C22H29F3N2O4/c1-5-18(28)26-17(11-14-6-8-15(9-7-14)22(23,24)25)20(30)27-16(10-13(2)3)19(29)21(4)12-31-21/h6-9,13,16-17H,5,10-12H2,1-4H3,(H,26,28)(H,27,30)/t16-,17-,21+/m0/s1. The summed E-state index contributed by atoms with van der Waals surface area (Å²) in [5.41, 5.74) is -1.26. The van der Waals surface area contributed by atoms with Gasteiger partial charge in [0.25, 0.3) is 0 Å². The Balaban J connectivity index is 2.17. The average molecular weight is 442 g/mol. The van der Waals surface area contributed by atoms with Gasteiger partial charge >= 0.3 is 6.18 Å². The van der Waals surface area contributed by atoms with Crippen molar-refractivity contribution in [1.29, 1.82) is 0 Å². The number of hydrogen-bond donors (Lipinski definition) is 2. The van der Waals surface area contributed by atoms with Crippen molar-refractivity contribution in [3.05, 3.63) is 35.4 Å². The summed E-state index contributed by atoms with van der Waals surface area (Å²) in [6.45, 7) is 7.41. The number of amides is 2. The van der Waals surface area contributed by atoms with E-state index in [1.807, 2.05) is 13.8 Å². The molecular weight excluding hydrogens is 413 g/mol. The van der Waals surface area contributed by atoms with Gasteiger partial charge in [-0.05, 0) is 37.0 Å². The Morgan fingerprint density at radius 1 is 1.10 bits per heavy atom. The number of epoxide rings is 1. The second kappa shape index (κ2) is 9.80. The van der Waals surface area contributed by atoms with E-state index in [9.17, 15) is 27.6 Å². The van der Waals surface area contributed by atoms with Gasteiger partial charge in [0.2, 0.25) is 11.8 Å². The molecule has 1 aromatic carbocycles. The molecule has 1 heterocycles. The molecule has 0 saturated carbocycles. The van der Waals surface area contributed by atoms with Crippen molar-refractivity contribution in [1.82, 2.24) is 10.6 Å². The minimum atomic E-state index is -4.46. The van der Waals surface area contributed by atoms with Gasteiger partial charge in [0.15, 0.2) is 5.78 Å². The molecule has 1 fully saturated rings. The van der Waals surface area contributed by atoms with E-state index in [0.717, 1.165) is 12.1 Å². The van der Waals surface area contributed by atoms with E-state index in [0.29, 0.717) is 12.0 Å². The maximum atomic E-state index is 13.0. The van der Waals surface area contributed by atoms with Crippen LogP contribution < -0.4 is 10.6 Å². The van der Waals surface area contributed by atoms with Gasteiger partial charge in [0, 0.05) is 12.8 Å². The molecule has 0 unspecified atom stereocenters. The highest BCUT2D eigenvalue weighted by Crippen LogP contribution is 2.30. The minimum absolute atomic E-state index is 0.00787. The van der Waals surface area contributed by atoms with Crippen LogP contribution in [-0.4, -0.2) is 41.9 Å². The van der Waals surface area contributed by atoms with Crippen molar-refractivity contribution in [2.24, 2.45) is 5.92 Å². The van der Waals surface area contributed by atoms with E-state index in [1.165, 1.54) is 12.1 Å². The Morgan fingerprint density at radius 3 is 2.13 bits per heavy atom. The van der Waals surface area contributed by atoms with E-state index < -0.39 is 35.3 Å². The first-order valence-corrected chi connectivity index (χ1v) is 10.3. The van der Waals surface area contributed by atoms with Gasteiger partial charge < -0.3 is 15.4 Å². The number of carbonyl (C=O) groups excluding carboxylic acids is 3. The molecule has 0 radical (unpaired) electrons. The van der Waals surface area contributed by atoms with E-state index >= 15 is 0 Å². The molecular formula is C22H29F3N2O4. The summed E-state index contributed by atoms with van der Waals surface area (Å²) in [7, 11) is 0. The largest absolute Gasteiger partial charge is 0.416 e. The van der Waals surface area contributed by atoms with Gasteiger partial charge in [0.1, 0.15) is 11.6 Å². The fourth-order valence-corrected chi connectivity index (χ4v) is 3.17. The number of alkyl halides is 3. The lowest BCUT2D eigenvalue weighted by Crippen LogP contribution is -2.54. The molecule has 0 spiro atoms. The molecule has 0 aromatic heterocycles. The molecule has 0 aliphatic carbocycles. The predicted octanol–water partition coefficient (Wildman–Crippen LogP) is 3.03. The number of halogens is 3. The molecule has 3 atom stereocenters. The zero-order valence-electron chi connectivity index (χ0n) is 18.1. The van der Waals surface area contributed by atoms with Crippen LogP contribution in [0, 0.1) is 5.92 Å². The van der Waals surface area contributed by atoms with Gasteiger partial charge in [-0.25, -0.2) is 0 Å². The van der Waals surface area contributed by atoms with Crippen LogP contribution in [0.25, 0.3) is 0 Å². The van der Waals surface area contributed by atoms with E-state index in [2.05, 4.69) is 10.6 Å². The Kier molecular flexibility index (Phi) is 7.86. The number of ether oxygens (including phenoxy) is 1. The van der Waals surface area contributed by atoms with Crippen LogP contribution in [0.4, 0.5) is 13.2 Å². The number of nitrogens with one attached hydrogen (secondary N) is 2. The van der Waals surface area contributed by atoms with E-state index in [1.54, 1.807) is 13.8 Å². The molecule has 172 valence electrons. The van der Waals surface area contributed by atoms with Crippen LogP contribution in [0.1, 0.15) is 51.7 Å². The molecule has 0 bridgehead atoms. The molecule has 1 aliphatic heterocycles. The predicted molar refractivity (Wildman–Crippen MR) is 108 cm³/mol. The highest BCUT2D eigenvalue weighted by atomic mass is 19.4. The molecule has 6 nitrogen and oxygen atoms in total. The Hall–Kier alpha value is -2.42. The third-order valence-corrected chi connectivity index (χ3v) is 5.13. The molecule has 9 heteroatoms. The van der Waals surface area contributed by atoms with Crippen LogP contribution in [0.3, 0.4) is 0 Å². The highest BCUT2D eigenvalue weighted by Gasteiger charge is 2.50. The van der Waals surface area contributed by atoms with Crippen molar-refractivity contribution >= 4 is 17.6 Å². The van der Waals surface area contributed by atoms with Gasteiger partial charge in [-0.1, -0.05) is 32.9 Å². The Morgan fingerprint density at radius 2 is 1.68 bits per heavy atom. The number of rotatable bonds is 10. The normalized spacial score (nSPS) is 20.1. The Bertz CT molecular complexity index is 802.